The van der Waals surface area contributed by atoms with E-state index in [0.717, 1.165) is 37.2 Å². The van der Waals surface area contributed by atoms with Gasteiger partial charge in [0.25, 0.3) is 0 Å². The van der Waals surface area contributed by atoms with E-state index in [-0.39, 0.29) is 17.5 Å². The smallest absolute Gasteiger partial charge is 0.338 e. The lowest BCUT2D eigenvalue weighted by Crippen LogP contribution is -2.52. The number of hydrogen-bond donors (Lipinski definition) is 0. The highest BCUT2D eigenvalue weighted by molar-refractivity contribution is 6.06. The number of benzene rings is 1. The molecule has 1 fully saturated rings. The van der Waals surface area contributed by atoms with Gasteiger partial charge in [-0.1, -0.05) is 13.3 Å². The van der Waals surface area contributed by atoms with E-state index in [1.54, 1.807) is 0 Å². The van der Waals surface area contributed by atoms with Crippen molar-refractivity contribution in [3.63, 3.8) is 0 Å². The highest BCUT2D eigenvalue weighted by atomic mass is 16.5. The lowest BCUT2D eigenvalue weighted by atomic mass is 10.1. The zero-order chi connectivity index (χ0) is 20.6. The second kappa shape index (κ2) is 7.54. The van der Waals surface area contributed by atoms with E-state index in [1.165, 1.54) is 0 Å². The molecule has 2 aliphatic rings. The van der Waals surface area contributed by atoms with Gasteiger partial charge in [-0.05, 0) is 38.0 Å². The summed E-state index contributed by atoms with van der Waals surface area (Å²) in [7, 11) is 1.95. The minimum Gasteiger partial charge on any atom is -0.458 e. The van der Waals surface area contributed by atoms with Crippen molar-refractivity contribution < 1.29 is 18.9 Å². The summed E-state index contributed by atoms with van der Waals surface area (Å²) in [5.74, 6) is -0.233. The van der Waals surface area contributed by atoms with Gasteiger partial charge in [-0.2, -0.15) is 0 Å². The van der Waals surface area contributed by atoms with Gasteiger partial charge in [0.1, 0.15) is 31.2 Å². The number of unbranched alkanes of at least 4 members (excludes halogenated alkanes) is 1. The number of carbonyl (C=O) groups is 2. The molecule has 0 N–H and O–H groups in total. The molecule has 0 radical (unpaired) electrons. The number of esters is 1. The third-order valence-corrected chi connectivity index (χ3v) is 6.01. The van der Waals surface area contributed by atoms with E-state index >= 15 is 0 Å². The van der Waals surface area contributed by atoms with Gasteiger partial charge in [0.2, 0.25) is 12.2 Å². The molecule has 154 valence electrons. The molecule has 1 saturated heterocycles. The Hall–Kier alpha value is -2.83. The van der Waals surface area contributed by atoms with Gasteiger partial charge >= 0.3 is 5.97 Å². The van der Waals surface area contributed by atoms with Gasteiger partial charge in [-0.3, -0.25) is 9.69 Å². The van der Waals surface area contributed by atoms with E-state index in [2.05, 4.69) is 18.7 Å². The van der Waals surface area contributed by atoms with Crippen LogP contribution in [-0.2, 0) is 23.1 Å². The standard InChI is InChI=1S/C22H29N4O3/c1-4-5-10-25-18-7-6-17(15-19(18)26-20(27)8-9-22(25,26)2)21(28)29-14-13-24-12-11-23(3)16-24/h6-7,11-12,15-16H,4-5,8-10,13-14H2,1-3H3/q+1. The molecule has 1 aromatic carbocycles. The van der Waals surface area contributed by atoms with Crippen molar-refractivity contribution in [3.05, 3.63) is 42.5 Å². The molecule has 2 aromatic rings. The summed E-state index contributed by atoms with van der Waals surface area (Å²) < 4.78 is 9.38. The van der Waals surface area contributed by atoms with Crippen LogP contribution in [0.15, 0.2) is 36.9 Å². The summed E-state index contributed by atoms with van der Waals surface area (Å²) in [5, 5.41) is 0. The lowest BCUT2D eigenvalue weighted by Gasteiger charge is -2.37. The van der Waals surface area contributed by atoms with Gasteiger partial charge in [0.05, 0.1) is 24.0 Å². The predicted molar refractivity (Wildman–Crippen MR) is 110 cm³/mol. The summed E-state index contributed by atoms with van der Waals surface area (Å²) in [6.45, 7) is 6.10. The van der Waals surface area contributed by atoms with E-state index < -0.39 is 0 Å². The number of imidazole rings is 1. The Kier molecular flexibility index (Phi) is 5.06. The van der Waals surface area contributed by atoms with Crippen LogP contribution in [0.5, 0.6) is 0 Å². The fourth-order valence-corrected chi connectivity index (χ4v) is 4.44. The van der Waals surface area contributed by atoms with Crippen LogP contribution < -0.4 is 14.4 Å². The zero-order valence-electron chi connectivity index (χ0n) is 17.4. The fourth-order valence-electron chi connectivity index (χ4n) is 4.44. The summed E-state index contributed by atoms with van der Waals surface area (Å²) in [6, 6.07) is 5.59. The molecule has 2 aliphatic heterocycles. The van der Waals surface area contributed by atoms with Gasteiger partial charge < -0.3 is 9.64 Å². The average molecular weight is 397 g/mol. The Bertz CT molecular complexity index is 938. The van der Waals surface area contributed by atoms with Gasteiger partial charge in [0, 0.05) is 13.0 Å². The zero-order valence-corrected chi connectivity index (χ0v) is 17.4. The van der Waals surface area contributed by atoms with E-state index in [4.69, 9.17) is 4.74 Å². The number of hydrogen-bond acceptors (Lipinski definition) is 4. The summed E-state index contributed by atoms with van der Waals surface area (Å²) in [4.78, 5) is 29.4. The van der Waals surface area contributed by atoms with Crippen LogP contribution in [0.25, 0.3) is 0 Å². The average Bonchev–Trinajstić information content (AvgIpc) is 3.32. The number of carbonyl (C=O) groups excluding carboxylic acids is 2. The second-order valence-electron chi connectivity index (χ2n) is 8.11. The maximum atomic E-state index is 12.6. The molecule has 0 aliphatic carbocycles. The van der Waals surface area contributed by atoms with Gasteiger partial charge in [-0.25, -0.2) is 13.9 Å². The summed E-state index contributed by atoms with van der Waals surface area (Å²) >= 11 is 0. The molecule has 29 heavy (non-hydrogen) atoms. The van der Waals surface area contributed by atoms with Crippen LogP contribution in [-0.4, -0.2) is 35.3 Å². The van der Waals surface area contributed by atoms with Crippen molar-refractivity contribution in [2.24, 2.45) is 7.05 Å². The van der Waals surface area contributed by atoms with Gasteiger partial charge in [-0.15, -0.1) is 0 Å². The molecular weight excluding hydrogens is 368 g/mol. The molecule has 1 aromatic heterocycles. The molecule has 0 saturated carbocycles. The molecule has 7 heteroatoms. The second-order valence-corrected chi connectivity index (χ2v) is 8.11. The van der Waals surface area contributed by atoms with Crippen molar-refractivity contribution in [1.29, 1.82) is 0 Å². The Balaban J connectivity index is 1.52. The number of nitrogens with zero attached hydrogens (tertiary/aromatic N) is 4. The number of aromatic nitrogens is 2. The van der Waals surface area contributed by atoms with E-state index in [1.807, 2.05) is 58.0 Å². The van der Waals surface area contributed by atoms with Crippen LogP contribution >= 0.6 is 0 Å². The first-order chi connectivity index (χ1) is 13.9. The highest BCUT2D eigenvalue weighted by Crippen LogP contribution is 2.50. The molecule has 0 bridgehead atoms. The number of ether oxygens (including phenoxy) is 1. The molecule has 7 nitrogen and oxygen atoms in total. The van der Waals surface area contributed by atoms with E-state index in [0.29, 0.717) is 25.1 Å². The molecule has 3 heterocycles. The van der Waals surface area contributed by atoms with Crippen molar-refractivity contribution >= 4 is 23.3 Å². The minimum atomic E-state index is -0.357. The summed E-state index contributed by atoms with van der Waals surface area (Å²) in [6.07, 6.45) is 9.33. The minimum absolute atomic E-state index is 0.124. The topological polar surface area (TPSA) is 58.7 Å². The van der Waals surface area contributed by atoms with E-state index in [9.17, 15) is 9.59 Å². The molecule has 0 spiro atoms. The number of rotatable bonds is 7. The Morgan fingerprint density at radius 2 is 2.10 bits per heavy atom. The number of aryl methyl sites for hydroxylation is 1. The maximum Gasteiger partial charge on any atom is 0.338 e. The van der Waals surface area contributed by atoms with Gasteiger partial charge in [0.15, 0.2) is 0 Å². The lowest BCUT2D eigenvalue weighted by molar-refractivity contribution is -0.671. The summed E-state index contributed by atoms with van der Waals surface area (Å²) in [5.41, 5.74) is 2.02. The molecule has 1 unspecified atom stereocenters. The normalized spacial score (nSPS) is 20.2. The molecule has 4 rings (SSSR count). The van der Waals surface area contributed by atoms with Crippen LogP contribution in [0.4, 0.5) is 11.4 Å². The van der Waals surface area contributed by atoms with Crippen LogP contribution in [0.1, 0.15) is 49.9 Å². The first kappa shape index (κ1) is 19.5. The Labute approximate surface area is 171 Å². The molecule has 1 amide bonds. The fraction of sp³-hybridized carbons (Fsp3) is 0.500. The largest absolute Gasteiger partial charge is 0.458 e. The SMILES string of the molecule is CCCCN1c2ccc(C(=O)OCCn3cc[n+](C)c3)cc2N2C(=O)CCC12C. The first-order valence-electron chi connectivity index (χ1n) is 10.4. The van der Waals surface area contributed by atoms with Crippen LogP contribution in [0, 0.1) is 0 Å². The third-order valence-electron chi connectivity index (χ3n) is 6.01. The number of fused-ring (bicyclic) bond motifs is 3. The Morgan fingerprint density at radius 1 is 1.28 bits per heavy atom. The highest BCUT2D eigenvalue weighted by Gasteiger charge is 2.52. The third kappa shape index (κ3) is 3.39. The van der Waals surface area contributed by atoms with Crippen molar-refractivity contribution in [1.82, 2.24) is 4.57 Å². The quantitative estimate of drug-likeness (QED) is 0.532. The van der Waals surface area contributed by atoms with Crippen LogP contribution in [0.2, 0.25) is 0 Å². The predicted octanol–water partition coefficient (Wildman–Crippen LogP) is 2.63. The maximum absolute atomic E-state index is 12.6. The number of amides is 1. The number of anilines is 2. The monoisotopic (exact) mass is 397 g/mol. The van der Waals surface area contributed by atoms with Crippen molar-refractivity contribution in [2.75, 3.05) is 23.0 Å². The molecule has 1 atom stereocenters. The van der Waals surface area contributed by atoms with Crippen molar-refractivity contribution in [2.45, 2.75) is 51.7 Å². The molecular formula is C22H29N4O3+. The van der Waals surface area contributed by atoms with Crippen LogP contribution in [0.3, 0.4) is 0 Å². The first-order valence-corrected chi connectivity index (χ1v) is 10.4. The van der Waals surface area contributed by atoms with Crippen molar-refractivity contribution in [3.8, 4) is 0 Å². The Morgan fingerprint density at radius 3 is 2.83 bits per heavy atom.